The van der Waals surface area contributed by atoms with Crippen LogP contribution >= 0.6 is 0 Å². The number of carbonyl (C=O) groups is 1. The highest BCUT2D eigenvalue weighted by molar-refractivity contribution is 5.88. The fourth-order valence-electron chi connectivity index (χ4n) is 1.28. The molecule has 16 heavy (non-hydrogen) atoms. The summed E-state index contributed by atoms with van der Waals surface area (Å²) in [4.78, 5) is 10.5. The highest BCUT2D eigenvalue weighted by Crippen LogP contribution is 2.20. The van der Waals surface area contributed by atoms with Crippen molar-refractivity contribution in [2.24, 2.45) is 0 Å². The van der Waals surface area contributed by atoms with Crippen molar-refractivity contribution in [3.8, 4) is 0 Å². The van der Waals surface area contributed by atoms with Crippen LogP contribution in [0.15, 0.2) is 6.07 Å². The van der Waals surface area contributed by atoms with Crippen molar-refractivity contribution >= 4 is 5.97 Å². The molecule has 0 spiro atoms. The molecule has 0 radical (unpaired) electrons. The monoisotopic (exact) mass is 233 g/mol. The molecule has 0 amide bonds. The lowest BCUT2D eigenvalue weighted by Crippen LogP contribution is -2.14. The number of halogens is 3. The predicted octanol–water partition coefficient (Wildman–Crippen LogP) is 1.56. The van der Waals surface area contributed by atoms with Gasteiger partial charge in [-0.15, -0.1) is 0 Å². The molecule has 1 aromatic rings. The molecular weight excluding hydrogens is 223 g/mol. The van der Waals surface area contributed by atoms with E-state index >= 15 is 0 Å². The van der Waals surface area contributed by atoms with Crippen LogP contribution in [0.1, 0.15) is 15.9 Å². The van der Waals surface area contributed by atoms with Crippen LogP contribution in [0.25, 0.3) is 0 Å². The molecular formula is C10H10F3NO2. The molecule has 0 atom stereocenters. The number of benzene rings is 1. The van der Waals surface area contributed by atoms with E-state index in [0.29, 0.717) is 12.6 Å². The maximum absolute atomic E-state index is 13.3. The molecule has 0 saturated carbocycles. The average molecular weight is 233 g/mol. The quantitative estimate of drug-likeness (QED) is 0.776. The van der Waals surface area contributed by atoms with Crippen LogP contribution in [-0.2, 0) is 6.42 Å². The summed E-state index contributed by atoms with van der Waals surface area (Å²) in [6, 6.07) is 0.708. The second kappa shape index (κ2) is 4.98. The second-order valence-electron chi connectivity index (χ2n) is 3.18. The van der Waals surface area contributed by atoms with Crippen LogP contribution < -0.4 is 5.32 Å². The van der Waals surface area contributed by atoms with E-state index in [4.69, 9.17) is 5.11 Å². The summed E-state index contributed by atoms with van der Waals surface area (Å²) in [7, 11) is 1.61. The predicted molar refractivity (Wildman–Crippen MR) is 50.9 cm³/mol. The first kappa shape index (κ1) is 12.5. The topological polar surface area (TPSA) is 49.3 Å². The van der Waals surface area contributed by atoms with Crippen molar-refractivity contribution in [3.63, 3.8) is 0 Å². The molecule has 1 rings (SSSR count). The fraction of sp³-hybridized carbons (Fsp3) is 0.300. The first-order chi connectivity index (χ1) is 7.49. The third-order valence-corrected chi connectivity index (χ3v) is 2.09. The van der Waals surface area contributed by atoms with Crippen LogP contribution in [0.2, 0.25) is 0 Å². The van der Waals surface area contributed by atoms with Gasteiger partial charge >= 0.3 is 5.97 Å². The summed E-state index contributed by atoms with van der Waals surface area (Å²) in [6.07, 6.45) is 0.0794. The fourth-order valence-corrected chi connectivity index (χ4v) is 1.28. The number of carboxylic acids is 1. The van der Waals surface area contributed by atoms with Gasteiger partial charge in [0.1, 0.15) is 11.4 Å². The van der Waals surface area contributed by atoms with Crippen molar-refractivity contribution in [1.29, 1.82) is 0 Å². The Morgan fingerprint density at radius 2 is 2.00 bits per heavy atom. The maximum atomic E-state index is 13.3. The van der Waals surface area contributed by atoms with E-state index < -0.39 is 29.0 Å². The van der Waals surface area contributed by atoms with E-state index in [2.05, 4.69) is 5.32 Å². The van der Waals surface area contributed by atoms with Crippen molar-refractivity contribution in [3.05, 3.63) is 34.6 Å². The minimum atomic E-state index is -1.82. The Morgan fingerprint density at radius 1 is 1.38 bits per heavy atom. The Labute approximate surface area is 89.9 Å². The molecule has 0 unspecified atom stereocenters. The van der Waals surface area contributed by atoms with Crippen molar-refractivity contribution in [2.45, 2.75) is 6.42 Å². The first-order valence-corrected chi connectivity index (χ1v) is 4.53. The van der Waals surface area contributed by atoms with Gasteiger partial charge in [-0.3, -0.25) is 0 Å². The standard InChI is InChI=1S/C10H10F3NO2/c1-14-3-2-5-4-6(11)7(10(15)16)9(13)8(5)12/h4,14H,2-3H2,1H3,(H,15,16). The third-order valence-electron chi connectivity index (χ3n) is 2.09. The van der Waals surface area contributed by atoms with Gasteiger partial charge in [0.25, 0.3) is 0 Å². The molecule has 0 aliphatic carbocycles. The Morgan fingerprint density at radius 3 is 2.50 bits per heavy atom. The highest BCUT2D eigenvalue weighted by atomic mass is 19.2. The van der Waals surface area contributed by atoms with Gasteiger partial charge in [-0.05, 0) is 31.6 Å². The Kier molecular flexibility index (Phi) is 3.89. The summed E-state index contributed by atoms with van der Waals surface area (Å²) >= 11 is 0. The molecule has 3 nitrogen and oxygen atoms in total. The SMILES string of the molecule is CNCCc1cc(F)c(C(=O)O)c(F)c1F. The molecule has 0 fully saturated rings. The van der Waals surface area contributed by atoms with Crippen molar-refractivity contribution in [2.75, 3.05) is 13.6 Å². The van der Waals surface area contributed by atoms with E-state index in [9.17, 15) is 18.0 Å². The highest BCUT2D eigenvalue weighted by Gasteiger charge is 2.23. The Bertz CT molecular complexity index is 421. The van der Waals surface area contributed by atoms with Gasteiger partial charge in [-0.1, -0.05) is 0 Å². The molecule has 0 saturated heterocycles. The lowest BCUT2D eigenvalue weighted by atomic mass is 10.1. The van der Waals surface area contributed by atoms with E-state index in [-0.39, 0.29) is 12.0 Å². The van der Waals surface area contributed by atoms with Crippen molar-refractivity contribution in [1.82, 2.24) is 5.32 Å². The Hall–Kier alpha value is -1.56. The number of rotatable bonds is 4. The molecule has 0 heterocycles. The number of carboxylic acid groups (broad SMARTS) is 1. The van der Waals surface area contributed by atoms with Gasteiger partial charge < -0.3 is 10.4 Å². The maximum Gasteiger partial charge on any atom is 0.341 e. The zero-order valence-corrected chi connectivity index (χ0v) is 8.48. The van der Waals surface area contributed by atoms with Gasteiger partial charge in [0.2, 0.25) is 0 Å². The van der Waals surface area contributed by atoms with Gasteiger partial charge in [-0.2, -0.15) is 0 Å². The van der Waals surface area contributed by atoms with Crippen LogP contribution in [-0.4, -0.2) is 24.7 Å². The van der Waals surface area contributed by atoms with E-state index in [1.807, 2.05) is 0 Å². The van der Waals surface area contributed by atoms with Crippen LogP contribution in [0, 0.1) is 17.5 Å². The number of hydrogen-bond donors (Lipinski definition) is 2. The van der Waals surface area contributed by atoms with Gasteiger partial charge in [0.15, 0.2) is 11.6 Å². The molecule has 2 N–H and O–H groups in total. The number of hydrogen-bond acceptors (Lipinski definition) is 2. The zero-order chi connectivity index (χ0) is 12.3. The summed E-state index contributed by atoms with van der Waals surface area (Å²) in [6.45, 7) is 0.336. The minimum Gasteiger partial charge on any atom is -0.477 e. The number of aromatic carboxylic acids is 1. The summed E-state index contributed by atoms with van der Waals surface area (Å²) < 4.78 is 39.6. The number of likely N-dealkylation sites (N-methyl/N-ethyl adjacent to an activating group) is 1. The van der Waals surface area contributed by atoms with Gasteiger partial charge in [0.05, 0.1) is 0 Å². The van der Waals surface area contributed by atoms with E-state index in [1.165, 1.54) is 0 Å². The molecule has 0 bridgehead atoms. The van der Waals surface area contributed by atoms with Gasteiger partial charge in [-0.25, -0.2) is 18.0 Å². The summed E-state index contributed by atoms with van der Waals surface area (Å²) in [5.41, 5.74) is -1.44. The lowest BCUT2D eigenvalue weighted by Gasteiger charge is -2.07. The lowest BCUT2D eigenvalue weighted by molar-refractivity contribution is 0.0685. The first-order valence-electron chi connectivity index (χ1n) is 4.53. The molecule has 1 aromatic carbocycles. The molecule has 0 aliphatic rings. The van der Waals surface area contributed by atoms with Crippen LogP contribution in [0.5, 0.6) is 0 Å². The molecule has 6 heteroatoms. The molecule has 88 valence electrons. The van der Waals surface area contributed by atoms with Crippen LogP contribution in [0.4, 0.5) is 13.2 Å². The van der Waals surface area contributed by atoms with Gasteiger partial charge in [0, 0.05) is 0 Å². The number of nitrogens with one attached hydrogen (secondary N) is 1. The summed E-state index contributed by atoms with van der Waals surface area (Å²) in [5.74, 6) is -6.06. The minimum absolute atomic E-state index is 0.0794. The summed E-state index contributed by atoms with van der Waals surface area (Å²) in [5, 5.41) is 11.2. The van der Waals surface area contributed by atoms with Crippen LogP contribution in [0.3, 0.4) is 0 Å². The average Bonchev–Trinajstić information content (AvgIpc) is 2.21. The molecule has 0 aliphatic heterocycles. The zero-order valence-electron chi connectivity index (χ0n) is 8.48. The largest absolute Gasteiger partial charge is 0.477 e. The third kappa shape index (κ3) is 2.33. The van der Waals surface area contributed by atoms with Crippen molar-refractivity contribution < 1.29 is 23.1 Å². The normalized spacial score (nSPS) is 10.5. The molecule has 0 aromatic heterocycles. The second-order valence-corrected chi connectivity index (χ2v) is 3.18. The smallest absolute Gasteiger partial charge is 0.341 e. The Balaban J connectivity index is 3.22. The van der Waals surface area contributed by atoms with E-state index in [1.54, 1.807) is 7.05 Å². The van der Waals surface area contributed by atoms with E-state index in [0.717, 1.165) is 0 Å².